The van der Waals surface area contributed by atoms with Gasteiger partial charge in [-0.05, 0) is 41.7 Å². The Hall–Kier alpha value is -4.37. The molecule has 0 bridgehead atoms. The van der Waals surface area contributed by atoms with Gasteiger partial charge in [0.15, 0.2) is 17.2 Å². The van der Waals surface area contributed by atoms with Gasteiger partial charge in [0.05, 0.1) is 17.4 Å². The summed E-state index contributed by atoms with van der Waals surface area (Å²) >= 11 is 0. The topological polar surface area (TPSA) is 113 Å². The fourth-order valence-electron chi connectivity index (χ4n) is 3.04. The summed E-state index contributed by atoms with van der Waals surface area (Å²) in [7, 11) is 15.8. The van der Waals surface area contributed by atoms with Gasteiger partial charge in [0.1, 0.15) is 46.4 Å². The molecule has 0 saturated heterocycles. The minimum Gasteiger partial charge on any atom is -0.510 e. The van der Waals surface area contributed by atoms with Crippen LogP contribution in [0.2, 0.25) is 0 Å². The van der Waals surface area contributed by atoms with Gasteiger partial charge in [-0.1, -0.05) is 0 Å². The van der Waals surface area contributed by atoms with Gasteiger partial charge in [0.25, 0.3) is 18.2 Å². The number of benzene rings is 2. The standard InChI is InChI=1S/C22H11B3F7N3O5/c23-21(24,25)40-17-13(6-5-12(16(17)27)39-22(30,31)32)38-11-4-2-9(18(28)29)15(26)14(11)20(37)35-8-1-3-10(19(33)36)34-7-8/h1-7,18H,(H2,33,36)(H,35,37). The summed E-state index contributed by atoms with van der Waals surface area (Å²) in [5, 5.41) is -0.576. The van der Waals surface area contributed by atoms with E-state index in [1.807, 2.05) is 0 Å². The molecule has 0 atom stereocenters. The molecule has 0 aliphatic heterocycles. The predicted molar refractivity (Wildman–Crippen MR) is 126 cm³/mol. The molecule has 0 spiro atoms. The molecule has 18 heteroatoms. The van der Waals surface area contributed by atoms with Crippen LogP contribution < -0.4 is 25.3 Å². The first kappa shape index (κ1) is 30.2. The third-order valence-corrected chi connectivity index (χ3v) is 4.62. The van der Waals surface area contributed by atoms with E-state index < -0.39 is 75.7 Å². The lowest BCUT2D eigenvalue weighted by Crippen LogP contribution is -2.38. The number of pyridine rings is 1. The average Bonchev–Trinajstić information content (AvgIpc) is 2.81. The van der Waals surface area contributed by atoms with Crippen LogP contribution in [-0.2, 0) is 0 Å². The van der Waals surface area contributed by atoms with Crippen LogP contribution in [0.4, 0.5) is 36.4 Å². The van der Waals surface area contributed by atoms with Crippen LogP contribution in [0.3, 0.4) is 0 Å². The fourth-order valence-corrected chi connectivity index (χ4v) is 3.04. The number of aromatic nitrogens is 1. The lowest BCUT2D eigenvalue weighted by Gasteiger charge is -2.26. The SMILES string of the molecule is [B]C([B])([B])Oc1c(Oc2ccc(C(F)F)c(F)c2C(=O)Nc2ccc(C(N)=O)nc2)ccc(OC(F)(F)F)c1F. The monoisotopic (exact) mass is 563 g/mol. The van der Waals surface area contributed by atoms with Gasteiger partial charge in [-0.15, -0.1) is 13.2 Å². The zero-order valence-electron chi connectivity index (χ0n) is 19.6. The summed E-state index contributed by atoms with van der Waals surface area (Å²) in [6, 6.07) is 4.49. The number of carbonyl (C=O) groups is 2. The highest BCUT2D eigenvalue weighted by atomic mass is 19.4. The number of carbonyl (C=O) groups excluding carboxylic acids is 2. The highest BCUT2D eigenvalue weighted by Crippen LogP contribution is 2.42. The second-order valence-electron chi connectivity index (χ2n) is 7.70. The molecule has 202 valence electrons. The van der Waals surface area contributed by atoms with Crippen LogP contribution in [0.25, 0.3) is 0 Å². The van der Waals surface area contributed by atoms with E-state index in [0.29, 0.717) is 24.3 Å². The van der Waals surface area contributed by atoms with Crippen LogP contribution in [0.5, 0.6) is 23.0 Å². The Morgan fingerprint density at radius 2 is 1.52 bits per heavy atom. The van der Waals surface area contributed by atoms with Crippen molar-refractivity contribution >= 4 is 41.0 Å². The van der Waals surface area contributed by atoms with Gasteiger partial charge >= 0.3 is 6.36 Å². The number of amides is 2. The van der Waals surface area contributed by atoms with Crippen molar-refractivity contribution in [3.8, 4) is 23.0 Å². The zero-order valence-corrected chi connectivity index (χ0v) is 19.6. The number of rotatable bonds is 9. The Morgan fingerprint density at radius 3 is 2.05 bits per heavy atom. The van der Waals surface area contributed by atoms with Crippen LogP contribution in [0, 0.1) is 11.6 Å². The maximum atomic E-state index is 15.1. The van der Waals surface area contributed by atoms with Crippen LogP contribution in [0.15, 0.2) is 42.6 Å². The van der Waals surface area contributed by atoms with Crippen molar-refractivity contribution in [3.05, 3.63) is 71.1 Å². The molecule has 0 fully saturated rings. The molecule has 0 saturated carbocycles. The summed E-state index contributed by atoms with van der Waals surface area (Å²) in [6.45, 7) is 0. The molecule has 3 N–H and O–H groups in total. The quantitative estimate of drug-likeness (QED) is 0.303. The summed E-state index contributed by atoms with van der Waals surface area (Å²) in [5.41, 5.74) is 2.33. The van der Waals surface area contributed by atoms with E-state index in [0.717, 1.165) is 18.3 Å². The molecule has 0 aliphatic rings. The molecule has 40 heavy (non-hydrogen) atoms. The van der Waals surface area contributed by atoms with Crippen molar-refractivity contribution in [2.24, 2.45) is 5.73 Å². The van der Waals surface area contributed by atoms with Gasteiger partial charge in [0.2, 0.25) is 5.82 Å². The van der Waals surface area contributed by atoms with E-state index >= 15 is 4.39 Å². The summed E-state index contributed by atoms with van der Waals surface area (Å²) < 4.78 is 108. The molecule has 6 radical (unpaired) electrons. The maximum Gasteiger partial charge on any atom is 0.573 e. The average molecular weight is 563 g/mol. The number of nitrogens with one attached hydrogen (secondary N) is 1. The number of halogens is 7. The van der Waals surface area contributed by atoms with Gasteiger partial charge in [-0.2, -0.15) is 4.39 Å². The lowest BCUT2D eigenvalue weighted by atomic mass is 9.52. The molecule has 0 unspecified atom stereocenters. The second kappa shape index (κ2) is 11.4. The summed E-state index contributed by atoms with van der Waals surface area (Å²) in [6.07, 6.45) is -7.81. The Kier molecular flexibility index (Phi) is 8.60. The number of primary amides is 1. The highest BCUT2D eigenvalue weighted by Gasteiger charge is 2.35. The third kappa shape index (κ3) is 7.39. The zero-order chi connectivity index (χ0) is 30.0. The van der Waals surface area contributed by atoms with Gasteiger partial charge < -0.3 is 25.3 Å². The highest BCUT2D eigenvalue weighted by molar-refractivity contribution is 6.58. The van der Waals surface area contributed by atoms with E-state index in [-0.39, 0.29) is 11.4 Å². The smallest absolute Gasteiger partial charge is 0.510 e. The maximum absolute atomic E-state index is 15.1. The van der Waals surface area contributed by atoms with Crippen molar-refractivity contribution in [3.63, 3.8) is 0 Å². The summed E-state index contributed by atoms with van der Waals surface area (Å²) in [4.78, 5) is 27.7. The Labute approximate surface area is 224 Å². The van der Waals surface area contributed by atoms with E-state index in [4.69, 9.17) is 38.7 Å². The lowest BCUT2D eigenvalue weighted by molar-refractivity contribution is -0.275. The molecule has 2 aromatic carbocycles. The van der Waals surface area contributed by atoms with Crippen LogP contribution in [0.1, 0.15) is 32.8 Å². The van der Waals surface area contributed by atoms with Crippen molar-refractivity contribution in [1.82, 2.24) is 4.98 Å². The third-order valence-electron chi connectivity index (χ3n) is 4.62. The number of nitrogens with zero attached hydrogens (tertiary/aromatic N) is 1. The molecule has 0 aliphatic carbocycles. The molecular weight excluding hydrogens is 552 g/mol. The molecule has 3 rings (SSSR count). The van der Waals surface area contributed by atoms with E-state index in [1.54, 1.807) is 0 Å². The Balaban J connectivity index is 2.10. The van der Waals surface area contributed by atoms with Crippen molar-refractivity contribution in [2.75, 3.05) is 5.32 Å². The Morgan fingerprint density at radius 1 is 0.900 bits per heavy atom. The number of hydrogen-bond acceptors (Lipinski definition) is 6. The normalized spacial score (nSPS) is 11.7. The van der Waals surface area contributed by atoms with Crippen LogP contribution in [-0.4, -0.2) is 52.0 Å². The second-order valence-corrected chi connectivity index (χ2v) is 7.70. The number of hydrogen-bond donors (Lipinski definition) is 2. The predicted octanol–water partition coefficient (Wildman–Crippen LogP) is 3.84. The minimum absolute atomic E-state index is 0.148. The van der Waals surface area contributed by atoms with Gasteiger partial charge in [-0.25, -0.2) is 18.2 Å². The van der Waals surface area contributed by atoms with E-state index in [2.05, 4.69) is 15.0 Å². The molecule has 2 amide bonds. The molecular formula is C22H11B3F7N3O5. The van der Waals surface area contributed by atoms with Crippen LogP contribution >= 0.6 is 0 Å². The van der Waals surface area contributed by atoms with Gasteiger partial charge in [-0.3, -0.25) is 9.59 Å². The number of anilines is 1. The van der Waals surface area contributed by atoms with Crippen molar-refractivity contribution in [2.45, 2.75) is 18.1 Å². The van der Waals surface area contributed by atoms with Gasteiger partial charge in [0, 0.05) is 0 Å². The fraction of sp³-hybridized carbons (Fsp3) is 0.136. The summed E-state index contributed by atoms with van der Waals surface area (Å²) in [5.74, 6) is -10.4. The molecule has 1 heterocycles. The molecule has 3 aromatic rings. The largest absolute Gasteiger partial charge is 0.573 e. The number of nitrogens with two attached hydrogens (primary N) is 1. The van der Waals surface area contributed by atoms with E-state index in [1.165, 1.54) is 0 Å². The molecule has 1 aromatic heterocycles. The minimum atomic E-state index is -5.35. The first-order valence-electron chi connectivity index (χ1n) is 10.5. The first-order chi connectivity index (χ1) is 18.5. The molecule has 8 nitrogen and oxygen atoms in total. The Bertz CT molecular complexity index is 1440. The number of alkyl halides is 5. The number of ether oxygens (including phenoxy) is 3. The van der Waals surface area contributed by atoms with Crippen molar-refractivity contribution < 1.29 is 54.5 Å². The van der Waals surface area contributed by atoms with E-state index in [9.17, 15) is 35.9 Å². The van der Waals surface area contributed by atoms with Crippen molar-refractivity contribution in [1.29, 1.82) is 0 Å². The first-order valence-corrected chi connectivity index (χ1v) is 10.5.